The number of Topliss-reactive ketones (excluding diaryl/α,β-unsaturated/α-hetero) is 1. The average Bonchev–Trinajstić information content (AvgIpc) is 1.72. The summed E-state index contributed by atoms with van der Waals surface area (Å²) in [5.41, 5.74) is 12.0. The second kappa shape index (κ2) is 80.1. The summed E-state index contributed by atoms with van der Waals surface area (Å²) in [5, 5.41) is 66.3. The summed E-state index contributed by atoms with van der Waals surface area (Å²) in [4.78, 5) is 244. The molecule has 44 heteroatoms. The molecule has 1 fully saturated rings. The van der Waals surface area contributed by atoms with Crippen LogP contribution in [0.2, 0.25) is 0 Å². The number of guanidine groups is 1. The lowest BCUT2D eigenvalue weighted by Gasteiger charge is -2.30. The lowest BCUT2D eigenvalue weighted by Crippen LogP contribution is -2.60. The van der Waals surface area contributed by atoms with Crippen LogP contribution in [0.1, 0.15) is 275 Å². The van der Waals surface area contributed by atoms with Gasteiger partial charge in [-0.25, -0.2) is 0 Å². The van der Waals surface area contributed by atoms with Crippen molar-refractivity contribution in [2.75, 3.05) is 118 Å². The molecule has 1 saturated heterocycles. The minimum Gasteiger partial charge on any atom is -0.508 e. The number of nitrogens with zero attached hydrogens (tertiary/aromatic N) is 1. The first-order valence-corrected chi connectivity index (χ1v) is 51.2. The monoisotopic (exact) mass is 2030 g/mol. The smallest absolute Gasteiger partial charge is 0.305 e. The number of carbonyl (C=O) groups excluding carboxylic acids is 18. The number of aldehydes is 1. The van der Waals surface area contributed by atoms with Gasteiger partial charge < -0.3 is 130 Å². The van der Waals surface area contributed by atoms with E-state index in [4.69, 9.17) is 35.8 Å². The first-order chi connectivity index (χ1) is 69.3. The number of rotatable bonds is 87. The van der Waals surface area contributed by atoms with Crippen molar-refractivity contribution >= 4 is 119 Å². The number of aromatic hydroxyl groups is 1. The Morgan fingerprint density at radius 3 is 1.27 bits per heavy atom. The maximum atomic E-state index is 14.4. The van der Waals surface area contributed by atoms with Crippen LogP contribution in [-0.4, -0.2) is 294 Å². The fourth-order valence-electron chi connectivity index (χ4n) is 15.6. The second-order valence-corrected chi connectivity index (χ2v) is 35.9. The van der Waals surface area contributed by atoms with Gasteiger partial charge in [0.25, 0.3) is 0 Å². The van der Waals surface area contributed by atoms with Gasteiger partial charge >= 0.3 is 5.97 Å². The quantitative estimate of drug-likeness (QED) is 0.0196. The number of primary amides is 1. The molecule has 0 bridgehead atoms. The molecule has 7 atom stereocenters. The zero-order valence-corrected chi connectivity index (χ0v) is 84.4. The topological polar surface area (TPSA) is 661 Å². The lowest BCUT2D eigenvalue weighted by molar-refractivity contribution is -0.146. The Bertz CT molecular complexity index is 4190. The molecule has 0 aliphatic carbocycles. The number of hydrogen-bond donors (Lipinski definition) is 20. The largest absolute Gasteiger partial charge is 0.508 e. The van der Waals surface area contributed by atoms with E-state index in [0.29, 0.717) is 75.6 Å². The summed E-state index contributed by atoms with van der Waals surface area (Å²) in [7, 11) is 0. The first kappa shape index (κ1) is 126. The van der Waals surface area contributed by atoms with Crippen LogP contribution >= 0.6 is 0 Å². The molecular weight excluding hydrogens is 1870 g/mol. The number of amides is 16. The minimum atomic E-state index is -1.84. The lowest BCUT2D eigenvalue weighted by atomic mass is 10.0. The van der Waals surface area contributed by atoms with Crippen LogP contribution < -0.4 is 91.2 Å². The number of phenolic OH excluding ortho intramolecular Hbond substituents is 1. The second-order valence-electron chi connectivity index (χ2n) is 35.9. The predicted molar refractivity (Wildman–Crippen MR) is 536 cm³/mol. The third-order valence-electron chi connectivity index (χ3n) is 23.5. The minimum absolute atomic E-state index is 0.0290. The molecule has 144 heavy (non-hydrogen) atoms. The van der Waals surface area contributed by atoms with Gasteiger partial charge in [-0.1, -0.05) is 164 Å². The Labute approximate surface area is 845 Å². The highest BCUT2D eigenvalue weighted by Gasteiger charge is 2.40. The average molecular weight is 2030 g/mol. The number of unbranched alkanes of at least 4 members (excludes halogenated alkanes) is 23. The number of ether oxygens (including phenoxy) is 4. The van der Waals surface area contributed by atoms with E-state index in [2.05, 4.69) is 79.8 Å². The fourth-order valence-corrected chi connectivity index (χ4v) is 15.6. The molecule has 0 aromatic heterocycles. The van der Waals surface area contributed by atoms with Crippen molar-refractivity contribution < 1.29 is 120 Å². The molecule has 44 nitrogen and oxygen atoms in total. The Kier molecular flexibility index (Phi) is 70.0. The van der Waals surface area contributed by atoms with E-state index in [9.17, 15) is 101 Å². The number of carboxylic acid groups (broad SMARTS) is 1. The molecule has 16 amide bonds. The molecule has 22 N–H and O–H groups in total. The molecule has 808 valence electrons. The Morgan fingerprint density at radius 1 is 0.389 bits per heavy atom. The van der Waals surface area contributed by atoms with Crippen LogP contribution in [0.3, 0.4) is 0 Å². The van der Waals surface area contributed by atoms with Gasteiger partial charge in [0.1, 0.15) is 61.5 Å². The van der Waals surface area contributed by atoms with Gasteiger partial charge in [0, 0.05) is 97.7 Å². The van der Waals surface area contributed by atoms with Crippen LogP contribution in [0.5, 0.6) is 5.75 Å². The van der Waals surface area contributed by atoms with E-state index in [1.165, 1.54) is 154 Å². The first-order valence-electron chi connectivity index (χ1n) is 51.2. The van der Waals surface area contributed by atoms with Crippen molar-refractivity contribution in [2.45, 2.75) is 319 Å². The highest BCUT2D eigenvalue weighted by Crippen LogP contribution is 2.22. The zero-order chi connectivity index (χ0) is 106. The standard InChI is InChI=1S/C100H163N19O25/c1-72(121)77(38-26-29-51-105-85(125)43-32-42-84(124)104-50-28-21-19-17-15-13-11-9-7-5-3-4-6-8-10-12-14-16-18-20-22-31-57-120)114-87(127)45-33-44-86(126)107-54-58-141-60-63-144-71-92(132)108-55-59-142-61-62-143-70-91(131)106-52-30-27-39-78(94(101)135)115-90(130)69-111-88(128)67-110-89(129)68-112-98(139)83-41-35-56-119(83)99(140)82(66-93(133)134)118-97(138)81(65-75-46-48-76(123)49-47-75)117-95(136)79(40-34-53-109-100(102)103)116-96(137)80(113-73(2)122)64-74-36-24-23-25-37-74/h23-25,36-37,46-49,57,77-83,123H,3-22,26-35,38-45,50-56,58-71H2,1-2H3,(H2,101,135)(H,104,124)(H,105,125)(H,106,131)(H,107,126)(H,108,132)(H,110,129)(H,111,128)(H,112,139)(H,113,122)(H,114,127)(H,115,130)(H,116,137)(H,117,136)(H,118,138)(H,133,134)(H4,102,103,109)/t77-,78-,79-,80-,81-,82-,83-/m0/s1. The molecular formula is C100H163N19O25. The van der Waals surface area contributed by atoms with E-state index >= 15 is 0 Å². The normalized spacial score (nSPS) is 13.3. The van der Waals surface area contributed by atoms with Gasteiger partial charge in [0.15, 0.2) is 11.7 Å². The summed E-state index contributed by atoms with van der Waals surface area (Å²) in [5.74, 6) is -12.4. The van der Waals surface area contributed by atoms with Crippen LogP contribution in [0, 0.1) is 5.41 Å². The summed E-state index contributed by atoms with van der Waals surface area (Å²) in [6, 6.07) is 5.10. The van der Waals surface area contributed by atoms with Gasteiger partial charge in [-0.05, 0) is 120 Å². The van der Waals surface area contributed by atoms with Crippen molar-refractivity contribution in [3.05, 3.63) is 65.7 Å². The number of phenols is 1. The van der Waals surface area contributed by atoms with Gasteiger partial charge in [0.05, 0.1) is 71.7 Å². The fraction of sp³-hybridized carbons (Fsp3) is 0.680. The van der Waals surface area contributed by atoms with Crippen molar-refractivity contribution in [1.82, 2.24) is 84.7 Å². The molecule has 0 unspecified atom stereocenters. The molecule has 0 radical (unpaired) electrons. The van der Waals surface area contributed by atoms with Crippen LogP contribution in [0.15, 0.2) is 54.6 Å². The molecule has 0 spiro atoms. The SMILES string of the molecule is CC(=O)N[C@@H](Cc1ccccc1)C(=O)N[C@@H](CCCNC(=N)N)C(=O)N[C@@H](Cc1ccc(O)cc1)C(=O)N[C@@H](CC(=O)O)C(=O)N1CCC[C@H]1C(=O)NCC(=O)NCC(=O)NCC(=O)N[C@@H](CCCCNC(=O)COCCOCCNC(=O)COCCOCCNC(=O)CCCC(=O)N[C@@H](CCCCNC(=O)CCCC(=O)NCCCCCCCCCCCCCCCCCCCCCCCC=O)C(C)=O)C(N)=O. The van der Waals surface area contributed by atoms with Gasteiger partial charge in [-0.2, -0.15) is 0 Å². The van der Waals surface area contributed by atoms with Crippen molar-refractivity contribution in [3.8, 4) is 5.75 Å². The number of carbonyl (C=O) groups is 19. The number of benzene rings is 2. The van der Waals surface area contributed by atoms with E-state index in [-0.39, 0.29) is 197 Å². The van der Waals surface area contributed by atoms with E-state index in [0.717, 1.165) is 30.4 Å². The van der Waals surface area contributed by atoms with Gasteiger partial charge in [-0.15, -0.1) is 0 Å². The van der Waals surface area contributed by atoms with E-state index in [1.54, 1.807) is 30.3 Å². The summed E-state index contributed by atoms with van der Waals surface area (Å²) >= 11 is 0. The maximum absolute atomic E-state index is 14.4. The van der Waals surface area contributed by atoms with Crippen molar-refractivity contribution in [2.24, 2.45) is 11.5 Å². The number of aliphatic carboxylic acids is 1. The zero-order valence-electron chi connectivity index (χ0n) is 84.4. The van der Waals surface area contributed by atoms with E-state index < -0.39 is 145 Å². The Morgan fingerprint density at radius 2 is 0.785 bits per heavy atom. The molecule has 1 aliphatic heterocycles. The third kappa shape index (κ3) is 65.1. The molecule has 2 aromatic carbocycles. The summed E-state index contributed by atoms with van der Waals surface area (Å²) in [6.07, 6.45) is 31.2. The molecule has 1 aliphatic rings. The predicted octanol–water partition coefficient (Wildman–Crippen LogP) is 2.37. The van der Waals surface area contributed by atoms with E-state index in [1.807, 2.05) is 0 Å². The number of nitrogens with one attached hydrogen (secondary N) is 16. The maximum Gasteiger partial charge on any atom is 0.305 e. The molecule has 1 heterocycles. The number of ketones is 1. The van der Waals surface area contributed by atoms with Crippen molar-refractivity contribution in [3.63, 3.8) is 0 Å². The number of nitrogens with two attached hydrogens (primary N) is 2. The number of hydrogen-bond acceptors (Lipinski definition) is 25. The van der Waals surface area contributed by atoms with Gasteiger partial charge in [0.2, 0.25) is 94.5 Å². The van der Waals surface area contributed by atoms with Crippen molar-refractivity contribution in [1.29, 1.82) is 5.41 Å². The number of likely N-dealkylation sites (tertiary alicyclic amines) is 1. The Hall–Kier alpha value is -12.3. The van der Waals surface area contributed by atoms with Crippen LogP contribution in [0.4, 0.5) is 0 Å². The highest BCUT2D eigenvalue weighted by molar-refractivity contribution is 5.99. The van der Waals surface area contributed by atoms with Crippen LogP contribution in [-0.2, 0) is 123 Å². The number of carboxylic acids is 1. The Balaban J connectivity index is 1.18. The molecule has 3 rings (SSSR count). The molecule has 0 saturated carbocycles. The highest BCUT2D eigenvalue weighted by atomic mass is 16.5. The third-order valence-corrected chi connectivity index (χ3v) is 23.5. The summed E-state index contributed by atoms with van der Waals surface area (Å²) < 4.78 is 21.6. The van der Waals surface area contributed by atoms with Gasteiger partial charge in [-0.3, -0.25) is 91.7 Å². The van der Waals surface area contributed by atoms with Crippen LogP contribution in [0.25, 0.3) is 0 Å². The summed E-state index contributed by atoms with van der Waals surface area (Å²) in [6.45, 7) is 2.45. The molecule has 2 aromatic rings.